The summed E-state index contributed by atoms with van der Waals surface area (Å²) in [6, 6.07) is 12.7. The summed E-state index contributed by atoms with van der Waals surface area (Å²) in [7, 11) is 0. The van der Waals surface area contributed by atoms with Gasteiger partial charge in [0.15, 0.2) is 0 Å². The van der Waals surface area contributed by atoms with Crippen LogP contribution in [0, 0.1) is 0 Å². The molecule has 0 unspecified atom stereocenters. The maximum absolute atomic E-state index is 13.2. The van der Waals surface area contributed by atoms with Gasteiger partial charge in [-0.15, -0.1) is 0 Å². The van der Waals surface area contributed by atoms with Crippen LogP contribution in [-0.2, 0) is 15.8 Å². The lowest BCUT2D eigenvalue weighted by molar-refractivity contribution is -0.376. The number of likely N-dealkylation sites (tertiary alicyclic amines) is 1. The zero-order valence-corrected chi connectivity index (χ0v) is 18.7. The first-order valence-electron chi connectivity index (χ1n) is 10.6. The predicted molar refractivity (Wildman–Crippen MR) is 112 cm³/mol. The number of carbonyl (C=O) groups excluding carboxylic acids is 1. The Labute approximate surface area is 193 Å². The molecule has 1 heterocycles. The molecule has 0 spiro atoms. The lowest BCUT2D eigenvalue weighted by Crippen LogP contribution is -2.53. The molecule has 1 amide bonds. The number of benzene rings is 2. The Hall–Kier alpha value is -2.75. The van der Waals surface area contributed by atoms with Crippen molar-refractivity contribution < 1.29 is 41.0 Å². The van der Waals surface area contributed by atoms with Crippen LogP contribution in [-0.4, -0.2) is 47.6 Å². The first kappa shape index (κ1) is 25.9. The zero-order chi connectivity index (χ0) is 25.5. The summed E-state index contributed by atoms with van der Waals surface area (Å²) in [5, 5.41) is 9.67. The molecule has 0 radical (unpaired) electrons. The fourth-order valence-electron chi connectivity index (χ4n) is 4.44. The molecule has 0 saturated carbocycles. The Balaban J connectivity index is 2.03. The van der Waals surface area contributed by atoms with Gasteiger partial charge in [0.2, 0.25) is 0 Å². The summed E-state index contributed by atoms with van der Waals surface area (Å²) in [4.78, 5) is 14.1. The number of halogens is 6. The van der Waals surface area contributed by atoms with E-state index in [-0.39, 0.29) is 19.2 Å². The average molecular weight is 489 g/mol. The Morgan fingerprint density at radius 2 is 1.53 bits per heavy atom. The van der Waals surface area contributed by atoms with Crippen LogP contribution in [0.1, 0.15) is 43.4 Å². The van der Waals surface area contributed by atoms with Crippen molar-refractivity contribution >= 4 is 6.09 Å². The first-order valence-corrected chi connectivity index (χ1v) is 10.6. The van der Waals surface area contributed by atoms with Gasteiger partial charge in [-0.1, -0.05) is 61.5 Å². The van der Waals surface area contributed by atoms with Crippen molar-refractivity contribution in [2.45, 2.75) is 56.2 Å². The summed E-state index contributed by atoms with van der Waals surface area (Å²) >= 11 is 0. The summed E-state index contributed by atoms with van der Waals surface area (Å²) < 4.78 is 84.8. The summed E-state index contributed by atoms with van der Waals surface area (Å²) in [6.07, 6.45) is -12.8. The van der Waals surface area contributed by atoms with Crippen LogP contribution in [0.15, 0.2) is 54.6 Å². The average Bonchev–Trinajstić information content (AvgIpc) is 3.11. The Morgan fingerprint density at radius 1 is 1.00 bits per heavy atom. The van der Waals surface area contributed by atoms with Crippen LogP contribution in [0.5, 0.6) is 0 Å². The van der Waals surface area contributed by atoms with E-state index in [0.717, 1.165) is 17.7 Å². The van der Waals surface area contributed by atoms with Crippen molar-refractivity contribution in [1.82, 2.24) is 4.90 Å². The molecule has 1 aliphatic heterocycles. The van der Waals surface area contributed by atoms with Crippen LogP contribution in [0.2, 0.25) is 0 Å². The minimum Gasteiger partial charge on any atom is -0.447 e. The number of ether oxygens (including phenoxy) is 1. The number of hydrogen-bond donors (Lipinski definition) is 1. The molecule has 2 atom stereocenters. The third kappa shape index (κ3) is 4.47. The van der Waals surface area contributed by atoms with Gasteiger partial charge in [-0.2, -0.15) is 26.3 Å². The molecular formula is C24H25F6NO3. The number of amides is 1. The summed E-state index contributed by atoms with van der Waals surface area (Å²) in [6.45, 7) is 5.67. The second-order valence-electron chi connectivity index (χ2n) is 8.98. The number of carbonyl (C=O) groups is 1. The molecule has 2 aromatic rings. The minimum atomic E-state index is -5.96. The summed E-state index contributed by atoms with van der Waals surface area (Å²) in [5.41, 5.74) is -5.73. The molecular weight excluding hydrogens is 464 g/mol. The quantitative estimate of drug-likeness (QED) is 0.544. The highest BCUT2D eigenvalue weighted by Crippen LogP contribution is 2.51. The normalized spacial score (nSPS) is 21.7. The Bertz CT molecular complexity index is 990. The number of nitrogens with zero attached hydrogens (tertiary/aromatic N) is 1. The van der Waals surface area contributed by atoms with Gasteiger partial charge in [-0.05, 0) is 25.0 Å². The number of aliphatic hydroxyl groups is 1. The second kappa shape index (κ2) is 8.79. The summed E-state index contributed by atoms with van der Waals surface area (Å²) in [5.74, 6) is -0.450. The highest BCUT2D eigenvalue weighted by atomic mass is 19.4. The van der Waals surface area contributed by atoms with Crippen molar-refractivity contribution in [1.29, 1.82) is 0 Å². The maximum Gasteiger partial charge on any atom is 0.430 e. The topological polar surface area (TPSA) is 49.8 Å². The van der Waals surface area contributed by atoms with E-state index in [0.29, 0.717) is 17.7 Å². The van der Waals surface area contributed by atoms with Crippen LogP contribution < -0.4 is 0 Å². The number of hydrogen-bond acceptors (Lipinski definition) is 3. The molecule has 186 valence electrons. The Kier molecular flexibility index (Phi) is 6.69. The lowest BCUT2D eigenvalue weighted by Gasteiger charge is -2.34. The number of rotatable bonds is 4. The molecule has 1 aliphatic rings. The molecule has 4 nitrogen and oxygen atoms in total. The van der Waals surface area contributed by atoms with Gasteiger partial charge in [0.25, 0.3) is 5.60 Å². The van der Waals surface area contributed by atoms with E-state index >= 15 is 0 Å². The molecule has 3 rings (SSSR count). The third-order valence-corrected chi connectivity index (χ3v) is 6.27. The van der Waals surface area contributed by atoms with Gasteiger partial charge >= 0.3 is 18.4 Å². The van der Waals surface area contributed by atoms with E-state index in [1.807, 2.05) is 37.3 Å². The second-order valence-corrected chi connectivity index (χ2v) is 8.98. The fourth-order valence-corrected chi connectivity index (χ4v) is 4.44. The molecule has 34 heavy (non-hydrogen) atoms. The minimum absolute atomic E-state index is 0.152. The molecule has 0 aliphatic carbocycles. The van der Waals surface area contributed by atoms with Crippen LogP contribution in [0.3, 0.4) is 0 Å². The van der Waals surface area contributed by atoms with Crippen LogP contribution in [0.4, 0.5) is 31.1 Å². The van der Waals surface area contributed by atoms with E-state index < -0.39 is 40.9 Å². The lowest BCUT2D eigenvalue weighted by atomic mass is 9.71. The van der Waals surface area contributed by atoms with E-state index in [1.54, 1.807) is 13.8 Å². The number of alkyl halides is 6. The molecule has 2 aromatic carbocycles. The highest BCUT2D eigenvalue weighted by Gasteiger charge is 2.71. The van der Waals surface area contributed by atoms with Gasteiger partial charge in [-0.25, -0.2) is 4.79 Å². The van der Waals surface area contributed by atoms with Crippen LogP contribution >= 0.6 is 0 Å². The van der Waals surface area contributed by atoms with E-state index in [4.69, 9.17) is 4.74 Å². The zero-order valence-electron chi connectivity index (χ0n) is 18.7. The van der Waals surface area contributed by atoms with Gasteiger partial charge in [0, 0.05) is 30.0 Å². The maximum atomic E-state index is 13.2. The van der Waals surface area contributed by atoms with E-state index in [2.05, 4.69) is 0 Å². The molecule has 10 heteroatoms. The predicted octanol–water partition coefficient (Wildman–Crippen LogP) is 5.90. The molecule has 1 fully saturated rings. The first-order chi connectivity index (χ1) is 15.6. The van der Waals surface area contributed by atoms with Crippen molar-refractivity contribution in [3.8, 4) is 0 Å². The Morgan fingerprint density at radius 3 is 2.00 bits per heavy atom. The monoisotopic (exact) mass is 489 g/mol. The van der Waals surface area contributed by atoms with E-state index in [1.165, 1.54) is 4.90 Å². The van der Waals surface area contributed by atoms with Crippen molar-refractivity contribution in [2.75, 3.05) is 13.1 Å². The van der Waals surface area contributed by atoms with Crippen molar-refractivity contribution in [3.05, 3.63) is 71.3 Å². The van der Waals surface area contributed by atoms with Gasteiger partial charge in [0.1, 0.15) is 0 Å². The smallest absolute Gasteiger partial charge is 0.430 e. The van der Waals surface area contributed by atoms with Gasteiger partial charge in [0.05, 0.1) is 6.10 Å². The molecule has 1 saturated heterocycles. The fraction of sp³-hybridized carbons (Fsp3) is 0.458. The van der Waals surface area contributed by atoms with Gasteiger partial charge < -0.3 is 14.7 Å². The van der Waals surface area contributed by atoms with Crippen molar-refractivity contribution in [2.24, 2.45) is 0 Å². The van der Waals surface area contributed by atoms with Crippen LogP contribution in [0.25, 0.3) is 0 Å². The SMILES string of the molecule is CC(C)OC(=O)N1C[C@H](c2ccc(C(O)(C(F)(F)F)C(F)(F)F)cc2)[C@](C)(c2ccccc2)C1. The van der Waals surface area contributed by atoms with E-state index in [9.17, 15) is 36.2 Å². The molecule has 1 N–H and O–H groups in total. The molecule has 0 bridgehead atoms. The molecule has 0 aromatic heterocycles. The largest absolute Gasteiger partial charge is 0.447 e. The highest BCUT2D eigenvalue weighted by molar-refractivity contribution is 5.69. The third-order valence-electron chi connectivity index (χ3n) is 6.27. The van der Waals surface area contributed by atoms with Crippen molar-refractivity contribution in [3.63, 3.8) is 0 Å². The standard InChI is InChI=1S/C24H25F6NO3/c1-15(2)34-20(32)31-13-19(21(3,14-31)17-7-5-4-6-8-17)16-9-11-18(12-10-16)22(33,23(25,26)27)24(28,29)30/h4-12,15,19,33H,13-14H2,1-3H3/t19-,21+/m1/s1. The van der Waals surface area contributed by atoms with Gasteiger partial charge in [-0.3, -0.25) is 0 Å².